The second-order valence-electron chi connectivity index (χ2n) is 7.42. The molecule has 11 heteroatoms. The highest BCUT2D eigenvalue weighted by molar-refractivity contribution is 8.00. The molecule has 0 aliphatic carbocycles. The van der Waals surface area contributed by atoms with Gasteiger partial charge in [-0.05, 0) is 30.7 Å². The van der Waals surface area contributed by atoms with Crippen molar-refractivity contribution in [2.45, 2.75) is 23.8 Å². The smallest absolute Gasteiger partial charge is 0.300 e. The molecule has 4 aromatic rings. The first-order chi connectivity index (χ1) is 17.0. The van der Waals surface area contributed by atoms with Crippen LogP contribution in [-0.2, 0) is 4.79 Å². The molecule has 4 rings (SSSR count). The fraction of sp³-hybridized carbons (Fsp3) is 0.250. The van der Waals surface area contributed by atoms with E-state index in [1.165, 1.54) is 23.4 Å². The molecule has 0 bridgehead atoms. The monoisotopic (exact) mass is 495 g/mol. The Morgan fingerprint density at radius 3 is 2.51 bits per heavy atom. The van der Waals surface area contributed by atoms with E-state index in [9.17, 15) is 9.59 Å². The predicted octanol–water partition coefficient (Wildman–Crippen LogP) is 3.42. The molecule has 0 aliphatic heterocycles. The highest BCUT2D eigenvalue weighted by atomic mass is 32.2. The van der Waals surface area contributed by atoms with E-state index in [-0.39, 0.29) is 17.1 Å². The van der Waals surface area contributed by atoms with Gasteiger partial charge in [-0.1, -0.05) is 24.8 Å². The number of carbonyl (C=O) groups is 1. The van der Waals surface area contributed by atoms with Crippen LogP contribution in [0.4, 0.5) is 5.69 Å². The average molecular weight is 496 g/mol. The number of thioether (sulfide) groups is 1. The quantitative estimate of drug-likeness (QED) is 0.352. The van der Waals surface area contributed by atoms with Crippen LogP contribution in [0, 0.1) is 0 Å². The Kier molecular flexibility index (Phi) is 7.25. The molecular formula is C24H25N5O5S. The fourth-order valence-electron chi connectivity index (χ4n) is 3.48. The lowest BCUT2D eigenvalue weighted by atomic mass is 10.2. The van der Waals surface area contributed by atoms with Crippen molar-refractivity contribution in [1.82, 2.24) is 19.2 Å². The molecule has 0 spiro atoms. The summed E-state index contributed by atoms with van der Waals surface area (Å²) in [5.74, 6) is 1.52. The highest BCUT2D eigenvalue weighted by Crippen LogP contribution is 2.31. The zero-order chi connectivity index (χ0) is 24.9. The van der Waals surface area contributed by atoms with E-state index in [0.717, 1.165) is 0 Å². The van der Waals surface area contributed by atoms with Crippen molar-refractivity contribution in [3.63, 3.8) is 0 Å². The number of nitrogens with zero attached hydrogens (tertiary/aromatic N) is 4. The summed E-state index contributed by atoms with van der Waals surface area (Å²) in [4.78, 5) is 26.2. The molecule has 2 heterocycles. The Labute approximate surface area is 205 Å². The van der Waals surface area contributed by atoms with Crippen LogP contribution >= 0.6 is 11.8 Å². The predicted molar refractivity (Wildman–Crippen MR) is 133 cm³/mol. The van der Waals surface area contributed by atoms with Crippen molar-refractivity contribution >= 4 is 29.0 Å². The number of ether oxygens (including phenoxy) is 3. The van der Waals surface area contributed by atoms with Crippen LogP contribution in [0.25, 0.3) is 11.3 Å². The molecule has 1 atom stereocenters. The first-order valence-corrected chi connectivity index (χ1v) is 11.7. The van der Waals surface area contributed by atoms with Gasteiger partial charge >= 0.3 is 5.56 Å². The second-order valence-corrected chi connectivity index (χ2v) is 8.59. The summed E-state index contributed by atoms with van der Waals surface area (Å²) >= 11 is 1.23. The third-order valence-electron chi connectivity index (χ3n) is 5.35. The number of hydrogen-bond donors (Lipinski definition) is 1. The number of fused-ring (bicyclic) bond motifs is 1. The van der Waals surface area contributed by atoms with Gasteiger partial charge in [0.05, 0.1) is 38.0 Å². The zero-order valence-electron chi connectivity index (χ0n) is 19.7. The van der Waals surface area contributed by atoms with Gasteiger partial charge in [0.2, 0.25) is 11.6 Å². The number of rotatable bonds is 9. The van der Waals surface area contributed by atoms with Gasteiger partial charge in [0, 0.05) is 24.5 Å². The average Bonchev–Trinajstić information content (AvgIpc) is 3.30. The summed E-state index contributed by atoms with van der Waals surface area (Å²) in [5.41, 5.74) is 0.969. The van der Waals surface area contributed by atoms with Crippen LogP contribution in [0.2, 0.25) is 0 Å². The van der Waals surface area contributed by atoms with Crippen LogP contribution in [0.5, 0.6) is 17.2 Å². The van der Waals surface area contributed by atoms with Gasteiger partial charge in [-0.25, -0.2) is 0 Å². The number of aromatic nitrogens is 4. The minimum absolute atomic E-state index is 0.155. The molecule has 0 unspecified atom stereocenters. The Morgan fingerprint density at radius 1 is 1.03 bits per heavy atom. The Hall–Kier alpha value is -3.99. The zero-order valence-corrected chi connectivity index (χ0v) is 20.5. The van der Waals surface area contributed by atoms with Gasteiger partial charge in [-0.2, -0.15) is 0 Å². The number of nitrogens with one attached hydrogen (secondary N) is 1. The molecule has 35 heavy (non-hydrogen) atoms. The van der Waals surface area contributed by atoms with Crippen LogP contribution in [0.15, 0.2) is 64.8 Å². The van der Waals surface area contributed by atoms with E-state index in [0.29, 0.717) is 40.2 Å². The van der Waals surface area contributed by atoms with Crippen molar-refractivity contribution < 1.29 is 19.0 Å². The topological polar surface area (TPSA) is 109 Å². The van der Waals surface area contributed by atoms with Crippen molar-refractivity contribution in [2.75, 3.05) is 26.6 Å². The van der Waals surface area contributed by atoms with Gasteiger partial charge in [0.1, 0.15) is 17.2 Å². The number of anilines is 1. The van der Waals surface area contributed by atoms with E-state index in [1.807, 2.05) is 6.92 Å². The van der Waals surface area contributed by atoms with E-state index in [2.05, 4.69) is 15.5 Å². The maximum Gasteiger partial charge on any atom is 0.300 e. The molecule has 0 fully saturated rings. The van der Waals surface area contributed by atoms with Gasteiger partial charge in [-0.15, -0.1) is 10.2 Å². The largest absolute Gasteiger partial charge is 0.497 e. The van der Waals surface area contributed by atoms with Gasteiger partial charge in [-0.3, -0.25) is 18.6 Å². The fourth-order valence-corrected chi connectivity index (χ4v) is 4.42. The first kappa shape index (κ1) is 24.1. The lowest BCUT2D eigenvalue weighted by Gasteiger charge is -2.16. The van der Waals surface area contributed by atoms with E-state index in [1.54, 1.807) is 73.5 Å². The van der Waals surface area contributed by atoms with E-state index < -0.39 is 5.25 Å². The minimum Gasteiger partial charge on any atom is -0.497 e. The summed E-state index contributed by atoms with van der Waals surface area (Å²) in [6.45, 7) is 1.90. The third-order valence-corrected chi connectivity index (χ3v) is 6.67. The van der Waals surface area contributed by atoms with E-state index in [4.69, 9.17) is 14.2 Å². The molecule has 10 nitrogen and oxygen atoms in total. The molecule has 0 aliphatic rings. The molecular weight excluding hydrogens is 470 g/mol. The molecule has 0 radical (unpaired) electrons. The number of amides is 1. The van der Waals surface area contributed by atoms with Crippen LogP contribution in [0.1, 0.15) is 13.3 Å². The summed E-state index contributed by atoms with van der Waals surface area (Å²) < 4.78 is 18.9. The Bertz CT molecular complexity index is 1420. The number of benzene rings is 2. The van der Waals surface area contributed by atoms with E-state index >= 15 is 0 Å². The van der Waals surface area contributed by atoms with Crippen molar-refractivity contribution in [3.05, 3.63) is 65.2 Å². The summed E-state index contributed by atoms with van der Waals surface area (Å²) in [6.07, 6.45) is 3.87. The Balaban J connectivity index is 1.59. The third kappa shape index (κ3) is 4.94. The van der Waals surface area contributed by atoms with Gasteiger partial charge in [0.25, 0.3) is 0 Å². The van der Waals surface area contributed by atoms with Crippen LogP contribution < -0.4 is 25.1 Å². The molecule has 2 aromatic heterocycles. The van der Waals surface area contributed by atoms with Crippen LogP contribution in [0.3, 0.4) is 0 Å². The molecule has 1 N–H and O–H groups in total. The molecule has 2 aromatic carbocycles. The number of carbonyl (C=O) groups excluding carboxylic acids is 1. The van der Waals surface area contributed by atoms with Crippen molar-refractivity contribution in [3.8, 4) is 22.9 Å². The lowest BCUT2D eigenvalue weighted by molar-refractivity contribution is -0.115. The number of methoxy groups -OCH3 is 3. The van der Waals surface area contributed by atoms with Crippen molar-refractivity contribution in [2.24, 2.45) is 0 Å². The van der Waals surface area contributed by atoms with Crippen LogP contribution in [-0.4, -0.2) is 51.7 Å². The van der Waals surface area contributed by atoms with Gasteiger partial charge in [0.15, 0.2) is 5.16 Å². The summed E-state index contributed by atoms with van der Waals surface area (Å²) in [6, 6.07) is 12.3. The molecule has 1 amide bonds. The minimum atomic E-state index is -0.487. The normalized spacial score (nSPS) is 11.8. The van der Waals surface area contributed by atoms with Gasteiger partial charge < -0.3 is 19.5 Å². The standard InChI is InChI=1S/C24H25N5O5S/c1-5-20(22(30)25-18-14-17(33-3)9-10-19(18)34-4)35-24-27-26-21-23(31)28(11-12-29(21)24)15-7-6-8-16(13-15)32-2/h6-14,20H,5H2,1-4H3,(H,25,30)/t20-/m1/s1. The second kappa shape index (κ2) is 10.5. The Morgan fingerprint density at radius 2 is 1.80 bits per heavy atom. The molecule has 0 saturated carbocycles. The summed E-state index contributed by atoms with van der Waals surface area (Å²) in [5, 5.41) is 11.1. The lowest BCUT2D eigenvalue weighted by Crippen LogP contribution is -2.25. The maximum atomic E-state index is 13.1. The molecule has 182 valence electrons. The summed E-state index contributed by atoms with van der Waals surface area (Å²) in [7, 11) is 4.65. The maximum absolute atomic E-state index is 13.1. The van der Waals surface area contributed by atoms with Crippen molar-refractivity contribution in [1.29, 1.82) is 0 Å². The molecule has 0 saturated heterocycles. The SMILES string of the molecule is CC[C@@H](Sc1nnc2c(=O)n(-c3cccc(OC)c3)ccn12)C(=O)Nc1cc(OC)ccc1OC. The first-order valence-electron chi connectivity index (χ1n) is 10.8. The highest BCUT2D eigenvalue weighted by Gasteiger charge is 2.23. The number of hydrogen-bond acceptors (Lipinski definition) is 8.